The Labute approximate surface area is 164 Å². The van der Waals surface area contributed by atoms with Crippen LogP contribution >= 0.6 is 11.3 Å². The zero-order valence-electron chi connectivity index (χ0n) is 15.1. The number of benzene rings is 2. The molecule has 3 aromatic rings. The molecular weight excluding hydrogens is 385 g/mol. The molecule has 7 nitrogen and oxygen atoms in total. The van der Waals surface area contributed by atoms with Crippen molar-refractivity contribution in [2.45, 2.75) is 13.8 Å². The van der Waals surface area contributed by atoms with Gasteiger partial charge in [0.2, 0.25) is 0 Å². The number of nitrogens with zero attached hydrogens (tertiary/aromatic N) is 2. The molecule has 28 heavy (non-hydrogen) atoms. The number of aryl methyl sites for hydroxylation is 2. The Morgan fingerprint density at radius 3 is 2.61 bits per heavy atom. The molecule has 0 unspecified atom stereocenters. The SMILES string of the molecule is Cc1cc(OCC(=O)Nc2nc(-c3ccc(F)cc3)c(C)s2)ccc1[N+](=O)[O-]. The number of hydrogen-bond donors (Lipinski definition) is 1. The third-order valence-corrected chi connectivity index (χ3v) is 4.78. The van der Waals surface area contributed by atoms with Crippen molar-refractivity contribution in [2.75, 3.05) is 11.9 Å². The van der Waals surface area contributed by atoms with Crippen molar-refractivity contribution < 1.29 is 18.8 Å². The Hall–Kier alpha value is -3.33. The standard InChI is InChI=1S/C19H16FN3O4S/c1-11-9-15(7-8-16(11)23(25)26)27-10-17(24)21-19-22-18(12(2)28-19)13-3-5-14(20)6-4-13/h3-9H,10H2,1-2H3,(H,21,22,24). The second kappa shape index (κ2) is 8.13. The minimum atomic E-state index is -0.477. The van der Waals surface area contributed by atoms with Gasteiger partial charge in [-0.25, -0.2) is 9.37 Å². The van der Waals surface area contributed by atoms with Gasteiger partial charge in [-0.1, -0.05) is 0 Å². The minimum Gasteiger partial charge on any atom is -0.484 e. The molecule has 144 valence electrons. The predicted molar refractivity (Wildman–Crippen MR) is 104 cm³/mol. The summed E-state index contributed by atoms with van der Waals surface area (Å²) in [6.45, 7) is 3.20. The van der Waals surface area contributed by atoms with Crippen LogP contribution in [-0.2, 0) is 4.79 Å². The second-order valence-electron chi connectivity index (χ2n) is 5.97. The fourth-order valence-electron chi connectivity index (χ4n) is 2.55. The molecule has 1 amide bonds. The van der Waals surface area contributed by atoms with Crippen LogP contribution in [0.4, 0.5) is 15.2 Å². The quantitative estimate of drug-likeness (QED) is 0.485. The number of amides is 1. The van der Waals surface area contributed by atoms with Crippen LogP contribution in [0.15, 0.2) is 42.5 Å². The Balaban J connectivity index is 1.62. The maximum absolute atomic E-state index is 13.1. The summed E-state index contributed by atoms with van der Waals surface area (Å²) in [5, 5.41) is 13.9. The lowest BCUT2D eigenvalue weighted by molar-refractivity contribution is -0.385. The van der Waals surface area contributed by atoms with E-state index in [1.807, 2.05) is 6.92 Å². The molecule has 0 radical (unpaired) electrons. The van der Waals surface area contributed by atoms with Gasteiger partial charge in [0.1, 0.15) is 11.6 Å². The largest absolute Gasteiger partial charge is 0.484 e. The van der Waals surface area contributed by atoms with Crippen LogP contribution in [0.25, 0.3) is 11.3 Å². The second-order valence-corrected chi connectivity index (χ2v) is 7.18. The highest BCUT2D eigenvalue weighted by Gasteiger charge is 2.14. The number of aromatic nitrogens is 1. The average Bonchev–Trinajstić information content (AvgIpc) is 3.00. The number of carbonyl (C=O) groups excluding carboxylic acids is 1. The van der Waals surface area contributed by atoms with E-state index >= 15 is 0 Å². The van der Waals surface area contributed by atoms with Crippen molar-refractivity contribution in [1.29, 1.82) is 0 Å². The number of nitro benzene ring substituents is 1. The molecule has 0 aliphatic carbocycles. The van der Waals surface area contributed by atoms with Crippen molar-refractivity contribution in [3.63, 3.8) is 0 Å². The van der Waals surface area contributed by atoms with Gasteiger partial charge in [-0.15, -0.1) is 11.3 Å². The highest BCUT2D eigenvalue weighted by Crippen LogP contribution is 2.30. The van der Waals surface area contributed by atoms with Gasteiger partial charge in [-0.2, -0.15) is 0 Å². The summed E-state index contributed by atoms with van der Waals surface area (Å²) in [7, 11) is 0. The first-order valence-corrected chi connectivity index (χ1v) is 9.06. The van der Waals surface area contributed by atoms with E-state index in [1.54, 1.807) is 19.1 Å². The zero-order chi connectivity index (χ0) is 20.3. The summed E-state index contributed by atoms with van der Waals surface area (Å²) in [6.07, 6.45) is 0. The molecule has 0 saturated heterocycles. The Morgan fingerprint density at radius 1 is 1.25 bits per heavy atom. The fourth-order valence-corrected chi connectivity index (χ4v) is 3.40. The first-order chi connectivity index (χ1) is 13.3. The van der Waals surface area contributed by atoms with Gasteiger partial charge in [0.05, 0.1) is 10.6 Å². The molecule has 0 aliphatic heterocycles. The van der Waals surface area contributed by atoms with Crippen LogP contribution in [0.3, 0.4) is 0 Å². The number of hydrogen-bond acceptors (Lipinski definition) is 6. The van der Waals surface area contributed by atoms with Crippen LogP contribution in [0, 0.1) is 29.8 Å². The number of halogens is 1. The normalized spacial score (nSPS) is 10.5. The predicted octanol–water partition coefficient (Wildman–Crippen LogP) is 4.49. The van der Waals surface area contributed by atoms with E-state index < -0.39 is 10.8 Å². The molecule has 0 spiro atoms. The Morgan fingerprint density at radius 2 is 1.96 bits per heavy atom. The van der Waals surface area contributed by atoms with E-state index in [0.29, 0.717) is 22.1 Å². The number of nitrogens with one attached hydrogen (secondary N) is 1. The number of carbonyl (C=O) groups is 1. The van der Waals surface area contributed by atoms with Crippen LogP contribution < -0.4 is 10.1 Å². The third kappa shape index (κ3) is 4.49. The first kappa shape index (κ1) is 19.4. The highest BCUT2D eigenvalue weighted by atomic mass is 32.1. The van der Waals surface area contributed by atoms with E-state index in [9.17, 15) is 19.3 Å². The lowest BCUT2D eigenvalue weighted by Gasteiger charge is -2.06. The van der Waals surface area contributed by atoms with Gasteiger partial charge in [0.15, 0.2) is 11.7 Å². The minimum absolute atomic E-state index is 0.0108. The summed E-state index contributed by atoms with van der Waals surface area (Å²) in [5.41, 5.74) is 1.87. The van der Waals surface area contributed by atoms with Crippen LogP contribution in [0.2, 0.25) is 0 Å². The van der Waals surface area contributed by atoms with Crippen LogP contribution in [0.5, 0.6) is 5.75 Å². The van der Waals surface area contributed by atoms with E-state index in [0.717, 1.165) is 10.4 Å². The van der Waals surface area contributed by atoms with Gasteiger partial charge in [-0.3, -0.25) is 20.2 Å². The molecule has 3 rings (SSSR count). The summed E-state index contributed by atoms with van der Waals surface area (Å²) in [4.78, 5) is 27.7. The molecule has 1 aromatic heterocycles. The van der Waals surface area contributed by atoms with Gasteiger partial charge in [-0.05, 0) is 50.2 Å². The molecule has 9 heteroatoms. The van der Waals surface area contributed by atoms with Crippen LogP contribution in [-0.4, -0.2) is 22.4 Å². The molecule has 0 fully saturated rings. The molecule has 1 N–H and O–H groups in total. The summed E-state index contributed by atoms with van der Waals surface area (Å²) in [6, 6.07) is 10.2. The van der Waals surface area contributed by atoms with E-state index in [-0.39, 0.29) is 18.1 Å². The van der Waals surface area contributed by atoms with Crippen molar-refractivity contribution >= 4 is 28.1 Å². The van der Waals surface area contributed by atoms with Crippen molar-refractivity contribution in [3.05, 3.63) is 68.8 Å². The number of rotatable bonds is 6. The highest BCUT2D eigenvalue weighted by molar-refractivity contribution is 7.16. The topological polar surface area (TPSA) is 94.4 Å². The zero-order valence-corrected chi connectivity index (χ0v) is 15.9. The van der Waals surface area contributed by atoms with Crippen molar-refractivity contribution in [3.8, 4) is 17.0 Å². The van der Waals surface area contributed by atoms with Gasteiger partial charge in [0.25, 0.3) is 11.6 Å². The molecule has 2 aromatic carbocycles. The smallest absolute Gasteiger partial charge is 0.272 e. The summed E-state index contributed by atoms with van der Waals surface area (Å²) >= 11 is 1.30. The summed E-state index contributed by atoms with van der Waals surface area (Å²) in [5.74, 6) is -0.375. The average molecular weight is 401 g/mol. The lowest BCUT2D eigenvalue weighted by atomic mass is 10.1. The first-order valence-electron chi connectivity index (χ1n) is 8.24. The van der Waals surface area contributed by atoms with Gasteiger partial charge >= 0.3 is 0 Å². The third-order valence-electron chi connectivity index (χ3n) is 3.90. The van der Waals surface area contributed by atoms with E-state index in [4.69, 9.17) is 4.74 Å². The number of thiazole rings is 1. The van der Waals surface area contributed by atoms with Crippen molar-refractivity contribution in [2.24, 2.45) is 0 Å². The number of ether oxygens (including phenoxy) is 1. The van der Waals surface area contributed by atoms with Gasteiger partial charge in [0, 0.05) is 22.1 Å². The Kier molecular flexibility index (Phi) is 5.65. The molecule has 0 bridgehead atoms. The van der Waals surface area contributed by atoms with E-state index in [1.165, 1.54) is 41.7 Å². The lowest BCUT2D eigenvalue weighted by Crippen LogP contribution is -2.20. The van der Waals surface area contributed by atoms with Crippen LogP contribution in [0.1, 0.15) is 10.4 Å². The number of anilines is 1. The maximum atomic E-state index is 13.1. The van der Waals surface area contributed by atoms with E-state index in [2.05, 4.69) is 10.3 Å². The molecule has 1 heterocycles. The summed E-state index contributed by atoms with van der Waals surface area (Å²) < 4.78 is 18.5. The molecule has 0 saturated carbocycles. The molecular formula is C19H16FN3O4S. The monoisotopic (exact) mass is 401 g/mol. The van der Waals surface area contributed by atoms with Crippen molar-refractivity contribution in [1.82, 2.24) is 4.98 Å². The molecule has 0 atom stereocenters. The van der Waals surface area contributed by atoms with Gasteiger partial charge < -0.3 is 4.74 Å². The maximum Gasteiger partial charge on any atom is 0.272 e. The molecule has 0 aliphatic rings. The fraction of sp³-hybridized carbons (Fsp3) is 0.158. The number of nitro groups is 1. The Bertz CT molecular complexity index is 1030.